The minimum atomic E-state index is -4.55. The number of carboxylic acids is 1. The number of rotatable bonds is 15. The second-order valence-electron chi connectivity index (χ2n) is 13.0. The molecule has 0 bridgehead atoms. The lowest BCUT2D eigenvalue weighted by Gasteiger charge is -2.32. The number of alkyl halides is 3. The van der Waals surface area contributed by atoms with Crippen molar-refractivity contribution in [1.29, 1.82) is 0 Å². The van der Waals surface area contributed by atoms with Crippen LogP contribution in [-0.4, -0.2) is 106 Å². The molecule has 1 saturated heterocycles. The SMILES string of the molecule is CC#Cc1sc2ncnc(NC(Cc3ccccc3OCc3ccnc(OCC(F)(F)F)n3)C(=O)O)c2c1-c1ccc(OCCN2CCN(C)CC2)c(Cl)c1C. The van der Waals surface area contributed by atoms with Crippen molar-refractivity contribution in [3.05, 3.63) is 81.7 Å². The Morgan fingerprint density at radius 2 is 1.84 bits per heavy atom. The Hall–Kier alpha value is -5.21. The third kappa shape index (κ3) is 10.1. The smallest absolute Gasteiger partial charge is 0.422 e. The topological polar surface area (TPSA) is 135 Å². The molecule has 2 N–H and O–H groups in total. The molecule has 5 aromatic rings. The summed E-state index contributed by atoms with van der Waals surface area (Å²) < 4.78 is 54.6. The van der Waals surface area contributed by atoms with Crippen LogP contribution >= 0.6 is 22.9 Å². The molecule has 1 aliphatic heterocycles. The van der Waals surface area contributed by atoms with E-state index in [-0.39, 0.29) is 18.7 Å². The van der Waals surface area contributed by atoms with E-state index >= 15 is 0 Å². The standard InChI is InChI=1S/C39H39ClF3N7O5S/c1-4-7-31-32(27-10-11-30(34(40)24(27)2)53-19-18-50-16-14-49(3)15-17-50)33-35(45-23-46-36(33)56-31)48-28(37(51)52)20-25-8-5-6-9-29(25)54-21-26-12-13-44-38(47-26)55-22-39(41,42)43/h5-6,8-13,23,28H,14-22H2,1-3H3,(H,51,52)(H,45,46,48). The average Bonchev–Trinajstić information content (AvgIpc) is 3.54. The van der Waals surface area contributed by atoms with E-state index in [0.29, 0.717) is 44.7 Å². The molecule has 17 heteroatoms. The lowest BCUT2D eigenvalue weighted by molar-refractivity contribution is -0.154. The molecule has 0 saturated carbocycles. The number of carboxylic acid groups (broad SMARTS) is 1. The molecule has 6 rings (SSSR count). The maximum atomic E-state index is 12.8. The fourth-order valence-corrected chi connectivity index (χ4v) is 7.40. The molecular formula is C39H39ClF3N7O5S. The third-order valence-corrected chi connectivity index (χ3v) is 10.5. The second kappa shape index (κ2) is 18.2. The number of benzene rings is 2. The molecule has 1 aliphatic rings. The van der Waals surface area contributed by atoms with Gasteiger partial charge >= 0.3 is 18.2 Å². The van der Waals surface area contributed by atoms with E-state index in [9.17, 15) is 23.1 Å². The van der Waals surface area contributed by atoms with Gasteiger partial charge in [0, 0.05) is 50.9 Å². The number of aliphatic carboxylic acids is 1. The number of likely N-dealkylation sites (N-methyl/N-ethyl adjacent to an activating group) is 1. The van der Waals surface area contributed by atoms with Crippen LogP contribution in [0.4, 0.5) is 19.0 Å². The summed E-state index contributed by atoms with van der Waals surface area (Å²) >= 11 is 8.31. The molecular weight excluding hydrogens is 771 g/mol. The number of ether oxygens (including phenoxy) is 3. The van der Waals surface area contributed by atoms with Crippen LogP contribution in [0.5, 0.6) is 17.5 Å². The predicted octanol–water partition coefficient (Wildman–Crippen LogP) is 6.74. The van der Waals surface area contributed by atoms with Crippen molar-refractivity contribution < 1.29 is 37.3 Å². The van der Waals surface area contributed by atoms with Crippen LogP contribution in [0.1, 0.15) is 28.6 Å². The highest BCUT2D eigenvalue weighted by molar-refractivity contribution is 7.19. The van der Waals surface area contributed by atoms with Crippen molar-refractivity contribution in [2.24, 2.45) is 0 Å². The van der Waals surface area contributed by atoms with Gasteiger partial charge in [0.05, 0.1) is 21.0 Å². The van der Waals surface area contributed by atoms with Crippen LogP contribution in [-0.2, 0) is 17.8 Å². The van der Waals surface area contributed by atoms with Crippen molar-refractivity contribution in [1.82, 2.24) is 29.7 Å². The number of aromatic nitrogens is 4. The first-order chi connectivity index (χ1) is 26.9. The van der Waals surface area contributed by atoms with Gasteiger partial charge in [-0.15, -0.1) is 17.3 Å². The number of para-hydroxylation sites is 1. The number of nitrogens with zero attached hydrogens (tertiary/aromatic N) is 6. The Labute approximate surface area is 330 Å². The normalized spacial score (nSPS) is 14.2. The van der Waals surface area contributed by atoms with Crippen LogP contribution in [0.2, 0.25) is 5.02 Å². The second-order valence-corrected chi connectivity index (χ2v) is 14.4. The largest absolute Gasteiger partial charge is 0.491 e. The lowest BCUT2D eigenvalue weighted by Crippen LogP contribution is -2.45. The monoisotopic (exact) mass is 809 g/mol. The third-order valence-electron chi connectivity index (χ3n) is 9.05. The number of carbonyl (C=O) groups is 1. The zero-order valence-electron chi connectivity index (χ0n) is 30.8. The number of piperazine rings is 1. The summed E-state index contributed by atoms with van der Waals surface area (Å²) in [5, 5.41) is 14.6. The van der Waals surface area contributed by atoms with E-state index in [1.165, 1.54) is 29.9 Å². The summed E-state index contributed by atoms with van der Waals surface area (Å²) in [5.41, 5.74) is 3.09. The van der Waals surface area contributed by atoms with Gasteiger partial charge in [-0.2, -0.15) is 18.2 Å². The van der Waals surface area contributed by atoms with E-state index in [2.05, 4.69) is 58.7 Å². The van der Waals surface area contributed by atoms with Gasteiger partial charge in [0.15, 0.2) is 6.61 Å². The predicted molar refractivity (Wildman–Crippen MR) is 208 cm³/mol. The van der Waals surface area contributed by atoms with Gasteiger partial charge in [-0.1, -0.05) is 41.8 Å². The molecule has 12 nitrogen and oxygen atoms in total. The van der Waals surface area contributed by atoms with Crippen molar-refractivity contribution in [3.63, 3.8) is 0 Å². The Morgan fingerprint density at radius 1 is 1.05 bits per heavy atom. The van der Waals surface area contributed by atoms with Crippen LogP contribution < -0.4 is 19.5 Å². The Morgan fingerprint density at radius 3 is 2.59 bits per heavy atom. The van der Waals surface area contributed by atoms with Crippen LogP contribution in [0.3, 0.4) is 0 Å². The lowest BCUT2D eigenvalue weighted by atomic mass is 9.97. The summed E-state index contributed by atoms with van der Waals surface area (Å²) in [5.74, 6) is 6.25. The van der Waals surface area contributed by atoms with E-state index in [4.69, 9.17) is 21.1 Å². The first-order valence-corrected chi connectivity index (χ1v) is 18.8. The first kappa shape index (κ1) is 40.5. The van der Waals surface area contributed by atoms with E-state index in [1.807, 2.05) is 19.1 Å². The van der Waals surface area contributed by atoms with E-state index in [0.717, 1.165) is 54.3 Å². The van der Waals surface area contributed by atoms with E-state index in [1.54, 1.807) is 31.2 Å². The molecule has 4 heterocycles. The maximum absolute atomic E-state index is 12.8. The first-order valence-electron chi connectivity index (χ1n) is 17.6. The van der Waals surface area contributed by atoms with Crippen LogP contribution in [0.15, 0.2) is 55.0 Å². The molecule has 1 atom stereocenters. The van der Waals surface area contributed by atoms with Crippen LogP contribution in [0.25, 0.3) is 21.3 Å². The molecule has 0 aliphatic carbocycles. The highest BCUT2D eigenvalue weighted by Gasteiger charge is 2.29. The number of anilines is 1. The fraction of sp³-hybridized carbons (Fsp3) is 0.359. The zero-order valence-corrected chi connectivity index (χ0v) is 32.4. The van der Waals surface area contributed by atoms with Gasteiger partial charge in [-0.25, -0.2) is 19.7 Å². The molecule has 1 unspecified atom stereocenters. The molecule has 0 amide bonds. The molecule has 0 radical (unpaired) electrons. The molecule has 0 spiro atoms. The Kier molecular flexibility index (Phi) is 13.1. The Bertz CT molecular complexity index is 2240. The minimum absolute atomic E-state index is 0.0210. The molecule has 2 aromatic carbocycles. The van der Waals surface area contributed by atoms with Gasteiger partial charge in [-0.3, -0.25) is 4.90 Å². The Balaban J connectivity index is 1.23. The van der Waals surface area contributed by atoms with Gasteiger partial charge < -0.3 is 29.5 Å². The van der Waals surface area contributed by atoms with Crippen molar-refractivity contribution in [2.75, 3.05) is 58.3 Å². The van der Waals surface area contributed by atoms with Gasteiger partial charge in [0.1, 0.15) is 47.7 Å². The van der Waals surface area contributed by atoms with Crippen molar-refractivity contribution in [2.45, 2.75) is 39.1 Å². The highest BCUT2D eigenvalue weighted by Crippen LogP contribution is 2.45. The quantitative estimate of drug-likeness (QED) is 0.109. The number of fused-ring (bicyclic) bond motifs is 1. The molecule has 56 heavy (non-hydrogen) atoms. The van der Waals surface area contributed by atoms with Gasteiger partial charge in [0.25, 0.3) is 0 Å². The van der Waals surface area contributed by atoms with Crippen molar-refractivity contribution in [3.8, 4) is 40.5 Å². The zero-order chi connectivity index (χ0) is 39.8. The summed E-state index contributed by atoms with van der Waals surface area (Å²) in [6, 6.07) is 10.5. The number of thiophene rings is 1. The highest BCUT2D eigenvalue weighted by atomic mass is 35.5. The van der Waals surface area contributed by atoms with Gasteiger partial charge in [-0.05, 0) is 55.8 Å². The van der Waals surface area contributed by atoms with Gasteiger partial charge in [0.2, 0.25) is 0 Å². The number of nitrogens with one attached hydrogen (secondary N) is 1. The number of halogens is 4. The average molecular weight is 810 g/mol. The summed E-state index contributed by atoms with van der Waals surface area (Å²) in [4.78, 5) is 35.5. The summed E-state index contributed by atoms with van der Waals surface area (Å²) in [7, 11) is 2.12. The maximum Gasteiger partial charge on any atom is 0.422 e. The minimum Gasteiger partial charge on any atom is -0.491 e. The molecule has 294 valence electrons. The van der Waals surface area contributed by atoms with Crippen LogP contribution in [0, 0.1) is 18.8 Å². The summed E-state index contributed by atoms with van der Waals surface area (Å²) in [6.07, 6.45) is -1.93. The fourth-order valence-electron chi connectivity index (χ4n) is 6.12. The van der Waals surface area contributed by atoms with Crippen molar-refractivity contribution >= 4 is 44.9 Å². The molecule has 1 fully saturated rings. The van der Waals surface area contributed by atoms with E-state index < -0.39 is 30.8 Å². The number of hydrogen-bond acceptors (Lipinski definition) is 12. The molecule has 3 aromatic heterocycles. The summed E-state index contributed by atoms with van der Waals surface area (Å²) in [6.45, 7) is 7.26. The number of hydrogen-bond donors (Lipinski definition) is 2.